The molecule has 1 aromatic rings. The standard InChI is InChI=1S/C50H63NO8/c52-27-47-18-15-41(54)39-21-32-13-7-14-35(30-10-2-3-11-30)36(32)23-34(50(39,47)58)26-48(56)42(47)16-19-46-17-6-5-9-29-8-1-4-12-31(29)22-40(51-28-53)37-20-33(25-49(46,48)57)44(46)38-24-43(55)59-45(37)38/h1,4,7-8,12-13,24,27,30,32-37,39-42,44-45,51,53-54,56-58H,2-3,6,10-11,14-23,25-26,28H2. The quantitative estimate of drug-likeness (QED) is 0.0798. The maximum atomic E-state index is 14.2. The van der Waals surface area contributed by atoms with E-state index in [1.807, 2.05) is 18.2 Å². The molecule has 7 saturated carbocycles. The highest BCUT2D eigenvalue weighted by molar-refractivity contribution is 5.86. The average molecular weight is 806 g/mol. The summed E-state index contributed by atoms with van der Waals surface area (Å²) in [6, 6.07) is 7.85. The summed E-state index contributed by atoms with van der Waals surface area (Å²) in [5, 5.41) is 67.6. The van der Waals surface area contributed by atoms with Gasteiger partial charge < -0.3 is 35.1 Å². The van der Waals surface area contributed by atoms with Gasteiger partial charge in [0.25, 0.3) is 0 Å². The maximum Gasteiger partial charge on any atom is 0.331 e. The summed E-state index contributed by atoms with van der Waals surface area (Å²) in [7, 11) is 0. The second kappa shape index (κ2) is 13.8. The number of aliphatic hydroxyl groups excluding tert-OH is 2. The summed E-state index contributed by atoms with van der Waals surface area (Å²) in [4.78, 5) is 27.7. The second-order valence-electron chi connectivity index (χ2n) is 21.3. The van der Waals surface area contributed by atoms with Crippen LogP contribution >= 0.6 is 0 Å². The van der Waals surface area contributed by atoms with Gasteiger partial charge in [-0.05, 0) is 136 Å². The van der Waals surface area contributed by atoms with E-state index in [0.717, 1.165) is 29.4 Å². The molecule has 17 unspecified atom stereocenters. The van der Waals surface area contributed by atoms with Crippen LogP contribution in [0.3, 0.4) is 0 Å². The predicted molar refractivity (Wildman–Crippen MR) is 219 cm³/mol. The molecule has 0 amide bonds. The van der Waals surface area contributed by atoms with E-state index < -0.39 is 57.6 Å². The number of ether oxygens (including phenoxy) is 1. The van der Waals surface area contributed by atoms with Gasteiger partial charge in [-0.2, -0.15) is 0 Å². The van der Waals surface area contributed by atoms with Crippen LogP contribution in [-0.2, 0) is 20.7 Å². The summed E-state index contributed by atoms with van der Waals surface area (Å²) in [6.45, 7) is -0.245. The maximum absolute atomic E-state index is 14.2. The lowest BCUT2D eigenvalue weighted by Gasteiger charge is -2.72. The summed E-state index contributed by atoms with van der Waals surface area (Å²) in [5.74, 6) is 5.85. The molecule has 11 rings (SSSR count). The van der Waals surface area contributed by atoms with Crippen molar-refractivity contribution in [1.29, 1.82) is 0 Å². The number of benzene rings is 1. The van der Waals surface area contributed by atoms with E-state index in [0.29, 0.717) is 76.0 Å². The minimum Gasteiger partial charge on any atom is -0.454 e. The number of carbonyl (C=O) groups excluding carboxylic acids is 2. The third kappa shape index (κ3) is 5.14. The number of hydrogen-bond donors (Lipinski definition) is 6. The molecule has 7 fully saturated rings. The Bertz CT molecular complexity index is 2010. The lowest BCUT2D eigenvalue weighted by Crippen LogP contribution is -2.80. The second-order valence-corrected chi connectivity index (χ2v) is 21.3. The number of esters is 1. The van der Waals surface area contributed by atoms with Crippen molar-refractivity contribution in [2.75, 3.05) is 6.73 Å². The first-order valence-electron chi connectivity index (χ1n) is 23.3. The van der Waals surface area contributed by atoms with E-state index in [1.165, 1.54) is 25.7 Å². The van der Waals surface area contributed by atoms with Crippen molar-refractivity contribution in [2.45, 2.75) is 144 Å². The molecule has 0 saturated heterocycles. The topological polar surface area (TPSA) is 157 Å². The number of hydrogen-bond acceptors (Lipinski definition) is 9. The molecular weight excluding hydrogens is 743 g/mol. The molecule has 4 bridgehead atoms. The molecule has 6 N–H and O–H groups in total. The van der Waals surface area contributed by atoms with Crippen LogP contribution < -0.4 is 5.32 Å². The fourth-order valence-corrected chi connectivity index (χ4v) is 17.6. The summed E-state index contributed by atoms with van der Waals surface area (Å²) >= 11 is 0. The van der Waals surface area contributed by atoms with E-state index >= 15 is 0 Å². The number of aliphatic hydroxyl groups is 5. The first-order valence-corrected chi connectivity index (χ1v) is 23.3. The van der Waals surface area contributed by atoms with Crippen LogP contribution in [-0.4, -0.2) is 79.6 Å². The van der Waals surface area contributed by atoms with Gasteiger partial charge in [-0.25, -0.2) is 4.79 Å². The van der Waals surface area contributed by atoms with E-state index in [9.17, 15) is 35.1 Å². The van der Waals surface area contributed by atoms with E-state index in [1.54, 1.807) is 6.08 Å². The van der Waals surface area contributed by atoms with Crippen molar-refractivity contribution >= 4 is 12.3 Å². The molecule has 17 atom stereocenters. The van der Waals surface area contributed by atoms with Gasteiger partial charge in [0.1, 0.15) is 18.0 Å². The molecule has 9 aliphatic carbocycles. The number of nitrogens with one attached hydrogen (secondary N) is 1. The largest absolute Gasteiger partial charge is 0.454 e. The Balaban J connectivity index is 1.07. The molecule has 1 aromatic carbocycles. The molecule has 316 valence electrons. The Hall–Kier alpha value is -2.84. The molecule has 1 aliphatic heterocycles. The fourth-order valence-electron chi connectivity index (χ4n) is 17.6. The molecule has 9 heteroatoms. The summed E-state index contributed by atoms with van der Waals surface area (Å²) < 4.78 is 6.22. The zero-order valence-corrected chi connectivity index (χ0v) is 34.3. The van der Waals surface area contributed by atoms with Gasteiger partial charge in [-0.1, -0.05) is 67.9 Å². The highest BCUT2D eigenvalue weighted by Gasteiger charge is 2.83. The van der Waals surface area contributed by atoms with Crippen molar-refractivity contribution in [3.63, 3.8) is 0 Å². The third-order valence-electron chi connectivity index (χ3n) is 19.7. The third-order valence-corrected chi connectivity index (χ3v) is 19.7. The molecular formula is C50H63NO8. The van der Waals surface area contributed by atoms with Crippen LogP contribution in [0.2, 0.25) is 0 Å². The SMILES string of the molecule is O=CC12CCC(O)C3CC4C=CCC(C5CCCC5)C4CC(CC4(O)C1CCC15CCC#Cc6ccccc6CC(NCO)C6CC(CC41O)C5C1=CC(=O)OC16)C32O. The van der Waals surface area contributed by atoms with Gasteiger partial charge in [-0.3, -0.25) is 5.32 Å². The minimum absolute atomic E-state index is 0.0978. The number of rotatable bonds is 4. The number of aldehydes is 1. The van der Waals surface area contributed by atoms with Gasteiger partial charge in [0.2, 0.25) is 0 Å². The molecule has 0 radical (unpaired) electrons. The summed E-state index contributed by atoms with van der Waals surface area (Å²) in [6.07, 6.45) is 17.5. The Morgan fingerprint density at radius 3 is 2.58 bits per heavy atom. The molecule has 10 aliphatic rings. The molecule has 9 nitrogen and oxygen atoms in total. The minimum atomic E-state index is -1.71. The number of fused-ring (bicyclic) bond motifs is 8. The first kappa shape index (κ1) is 39.0. The predicted octanol–water partition coefficient (Wildman–Crippen LogP) is 5.15. The highest BCUT2D eigenvalue weighted by atomic mass is 16.5. The van der Waals surface area contributed by atoms with Gasteiger partial charge in [-0.15, -0.1) is 0 Å². The van der Waals surface area contributed by atoms with Crippen molar-refractivity contribution < 1.29 is 39.9 Å². The monoisotopic (exact) mass is 805 g/mol. The van der Waals surface area contributed by atoms with Crippen molar-refractivity contribution in [3.05, 3.63) is 59.2 Å². The zero-order valence-electron chi connectivity index (χ0n) is 34.3. The molecule has 0 aromatic heterocycles. The van der Waals surface area contributed by atoms with Gasteiger partial charge in [0, 0.05) is 47.3 Å². The van der Waals surface area contributed by atoms with Crippen LogP contribution in [0.15, 0.2) is 48.1 Å². The number of carbonyl (C=O) groups is 2. The van der Waals surface area contributed by atoms with E-state index in [4.69, 9.17) is 4.74 Å². The van der Waals surface area contributed by atoms with Crippen LogP contribution in [0.25, 0.3) is 0 Å². The van der Waals surface area contributed by atoms with Crippen LogP contribution in [0, 0.1) is 81.8 Å². The molecule has 59 heavy (non-hydrogen) atoms. The van der Waals surface area contributed by atoms with Gasteiger partial charge >= 0.3 is 5.97 Å². The average Bonchev–Trinajstić information content (AvgIpc) is 3.94. The Morgan fingerprint density at radius 2 is 1.76 bits per heavy atom. The Labute approximate surface area is 348 Å². The zero-order chi connectivity index (χ0) is 40.5. The normalized spacial score (nSPS) is 50.7. The Morgan fingerprint density at radius 1 is 0.932 bits per heavy atom. The molecule has 1 heterocycles. The lowest BCUT2D eigenvalue weighted by atomic mass is 9.35. The van der Waals surface area contributed by atoms with Crippen LogP contribution in [0.1, 0.15) is 114 Å². The molecule has 1 spiro atoms. The summed E-state index contributed by atoms with van der Waals surface area (Å²) in [5.41, 5.74) is -4.20. The van der Waals surface area contributed by atoms with E-state index in [2.05, 4.69) is 35.4 Å². The van der Waals surface area contributed by atoms with E-state index in [-0.39, 0.29) is 61.2 Å². The smallest absolute Gasteiger partial charge is 0.331 e. The first-order chi connectivity index (χ1) is 28.5. The fraction of sp³-hybridized carbons (Fsp3) is 0.720. The van der Waals surface area contributed by atoms with Crippen LogP contribution in [0.5, 0.6) is 0 Å². The van der Waals surface area contributed by atoms with Crippen molar-refractivity contribution in [1.82, 2.24) is 5.32 Å². The highest BCUT2D eigenvalue weighted by Crippen LogP contribution is 2.77. The van der Waals surface area contributed by atoms with Crippen molar-refractivity contribution in [2.24, 2.45) is 70.0 Å². The van der Waals surface area contributed by atoms with Crippen molar-refractivity contribution in [3.8, 4) is 11.8 Å². The number of allylic oxidation sites excluding steroid dienone is 2. The Kier molecular flexibility index (Phi) is 9.15. The van der Waals surface area contributed by atoms with Gasteiger partial charge in [0.15, 0.2) is 0 Å². The lowest BCUT2D eigenvalue weighted by molar-refractivity contribution is -0.343. The van der Waals surface area contributed by atoms with Gasteiger partial charge in [0.05, 0.1) is 29.5 Å². The van der Waals surface area contributed by atoms with Crippen LogP contribution in [0.4, 0.5) is 0 Å².